The van der Waals surface area contributed by atoms with Crippen molar-refractivity contribution in [3.05, 3.63) is 84.9 Å². The van der Waals surface area contributed by atoms with Gasteiger partial charge in [-0.2, -0.15) is 0 Å². The zero-order chi connectivity index (χ0) is 16.8. The van der Waals surface area contributed by atoms with Crippen LogP contribution >= 0.6 is 0 Å². The lowest BCUT2D eigenvalue weighted by Crippen LogP contribution is -2.05. The highest BCUT2D eigenvalue weighted by atomic mass is 32.2. The summed E-state index contributed by atoms with van der Waals surface area (Å²) >= 11 is 0. The van der Waals surface area contributed by atoms with Gasteiger partial charge in [-0.25, -0.2) is 8.42 Å². The van der Waals surface area contributed by atoms with Crippen molar-refractivity contribution in [2.75, 3.05) is 12.4 Å². The number of rotatable bonds is 6. The van der Waals surface area contributed by atoms with Crippen LogP contribution in [-0.4, -0.2) is 20.8 Å². The molecule has 0 aromatic heterocycles. The molecular formula is C20H18O3S. The summed E-state index contributed by atoms with van der Waals surface area (Å²) in [5, 5.41) is 1.96. The van der Waals surface area contributed by atoms with Crippen LogP contribution in [0.25, 0.3) is 10.8 Å². The highest BCUT2D eigenvalue weighted by Gasteiger charge is 2.12. The SMILES string of the molecule is O=S(=O)(CC=CCOc1ccccc1)c1ccc2ccccc2c1. The molecule has 0 aliphatic rings. The fourth-order valence-corrected chi connectivity index (χ4v) is 3.54. The molecule has 3 nitrogen and oxygen atoms in total. The third-order valence-corrected chi connectivity index (χ3v) is 5.26. The molecule has 0 fully saturated rings. The predicted molar refractivity (Wildman–Crippen MR) is 97.1 cm³/mol. The van der Waals surface area contributed by atoms with E-state index in [0.29, 0.717) is 11.5 Å². The zero-order valence-electron chi connectivity index (χ0n) is 13.1. The molecule has 4 heteroatoms. The molecule has 0 saturated carbocycles. The minimum atomic E-state index is -3.34. The third-order valence-electron chi connectivity index (χ3n) is 3.65. The van der Waals surface area contributed by atoms with Gasteiger partial charge in [0, 0.05) is 0 Å². The quantitative estimate of drug-likeness (QED) is 0.631. The van der Waals surface area contributed by atoms with E-state index >= 15 is 0 Å². The second-order valence-electron chi connectivity index (χ2n) is 5.39. The lowest BCUT2D eigenvalue weighted by Gasteiger charge is -2.04. The number of benzene rings is 3. The van der Waals surface area contributed by atoms with Crippen LogP contribution in [0.4, 0.5) is 0 Å². The van der Waals surface area contributed by atoms with E-state index in [-0.39, 0.29) is 5.75 Å². The Kier molecular flexibility index (Phi) is 4.96. The Labute approximate surface area is 142 Å². The summed E-state index contributed by atoms with van der Waals surface area (Å²) < 4.78 is 30.3. The standard InChI is InChI=1S/C20H18O3S/c21-24(22,15-7-6-14-23-19-10-2-1-3-11-19)20-13-12-17-8-4-5-9-18(17)16-20/h1-13,16H,14-15H2. The van der Waals surface area contributed by atoms with Crippen molar-refractivity contribution in [3.63, 3.8) is 0 Å². The number of sulfone groups is 1. The molecule has 122 valence electrons. The minimum absolute atomic E-state index is 0.0382. The van der Waals surface area contributed by atoms with E-state index in [4.69, 9.17) is 4.74 Å². The lowest BCUT2D eigenvalue weighted by atomic mass is 10.1. The van der Waals surface area contributed by atoms with Gasteiger partial charge >= 0.3 is 0 Å². The lowest BCUT2D eigenvalue weighted by molar-refractivity contribution is 0.363. The predicted octanol–water partition coefficient (Wildman–Crippen LogP) is 4.25. The van der Waals surface area contributed by atoms with Gasteiger partial charge in [-0.3, -0.25) is 0 Å². The van der Waals surface area contributed by atoms with Crippen LogP contribution in [0, 0.1) is 0 Å². The summed E-state index contributed by atoms with van der Waals surface area (Å²) in [6, 6.07) is 22.4. The molecule has 0 saturated heterocycles. The van der Waals surface area contributed by atoms with Crippen LogP contribution in [0.2, 0.25) is 0 Å². The number of fused-ring (bicyclic) bond motifs is 1. The molecule has 0 spiro atoms. The van der Waals surface area contributed by atoms with Gasteiger partial charge in [0.1, 0.15) is 12.4 Å². The Morgan fingerprint density at radius 1 is 0.792 bits per heavy atom. The fraction of sp³-hybridized carbons (Fsp3) is 0.100. The fourth-order valence-electron chi connectivity index (χ4n) is 2.38. The van der Waals surface area contributed by atoms with E-state index in [1.165, 1.54) is 0 Å². The molecule has 24 heavy (non-hydrogen) atoms. The normalized spacial score (nSPS) is 11.8. The van der Waals surface area contributed by atoms with Gasteiger partial charge in [0.25, 0.3) is 0 Å². The third kappa shape index (κ3) is 4.03. The highest BCUT2D eigenvalue weighted by molar-refractivity contribution is 7.91. The van der Waals surface area contributed by atoms with Crippen molar-refractivity contribution in [1.82, 2.24) is 0 Å². The average molecular weight is 338 g/mol. The van der Waals surface area contributed by atoms with Crippen molar-refractivity contribution >= 4 is 20.6 Å². The van der Waals surface area contributed by atoms with Crippen LogP contribution < -0.4 is 4.74 Å². The number of hydrogen-bond donors (Lipinski definition) is 0. The van der Waals surface area contributed by atoms with Gasteiger partial charge in [0.05, 0.1) is 10.6 Å². The van der Waals surface area contributed by atoms with E-state index in [2.05, 4.69) is 0 Å². The molecule has 0 atom stereocenters. The van der Waals surface area contributed by atoms with Gasteiger partial charge in [-0.05, 0) is 35.0 Å². The highest BCUT2D eigenvalue weighted by Crippen LogP contribution is 2.20. The molecule has 0 N–H and O–H groups in total. The van der Waals surface area contributed by atoms with Gasteiger partial charge in [-0.1, -0.05) is 60.7 Å². The molecule has 0 heterocycles. The summed E-state index contributed by atoms with van der Waals surface area (Å²) in [7, 11) is -3.34. The van der Waals surface area contributed by atoms with Crippen LogP contribution in [0.15, 0.2) is 89.8 Å². The number of para-hydroxylation sites is 1. The van der Waals surface area contributed by atoms with Gasteiger partial charge in [0.2, 0.25) is 0 Å². The molecule has 3 rings (SSSR count). The Hall–Kier alpha value is -2.59. The second-order valence-corrected chi connectivity index (χ2v) is 7.42. The molecule has 0 aliphatic heterocycles. The van der Waals surface area contributed by atoms with Crippen molar-refractivity contribution < 1.29 is 13.2 Å². The minimum Gasteiger partial charge on any atom is -0.490 e. The Morgan fingerprint density at radius 3 is 2.29 bits per heavy atom. The molecule has 0 unspecified atom stereocenters. The monoisotopic (exact) mass is 338 g/mol. The summed E-state index contributed by atoms with van der Waals surface area (Å²) in [5.74, 6) is 0.725. The maximum absolute atomic E-state index is 12.4. The number of ether oxygens (including phenoxy) is 1. The van der Waals surface area contributed by atoms with E-state index < -0.39 is 9.84 Å². The first kappa shape index (κ1) is 16.3. The van der Waals surface area contributed by atoms with Crippen molar-refractivity contribution in [1.29, 1.82) is 0 Å². The van der Waals surface area contributed by atoms with Crippen LogP contribution in [0.3, 0.4) is 0 Å². The van der Waals surface area contributed by atoms with Gasteiger partial charge in [-0.15, -0.1) is 0 Å². The molecule has 0 radical (unpaired) electrons. The van der Waals surface area contributed by atoms with E-state index in [9.17, 15) is 8.42 Å². The van der Waals surface area contributed by atoms with Crippen LogP contribution in [0.5, 0.6) is 5.75 Å². The average Bonchev–Trinajstić information content (AvgIpc) is 2.62. The zero-order valence-corrected chi connectivity index (χ0v) is 13.9. The molecule has 0 amide bonds. The van der Waals surface area contributed by atoms with Crippen molar-refractivity contribution in [2.45, 2.75) is 4.90 Å². The van der Waals surface area contributed by atoms with Gasteiger partial charge in [0.15, 0.2) is 9.84 Å². The summed E-state index contributed by atoms with van der Waals surface area (Å²) in [5.41, 5.74) is 0. The summed E-state index contributed by atoms with van der Waals surface area (Å²) in [6.07, 6.45) is 3.36. The Bertz CT molecular complexity index is 945. The first-order valence-electron chi connectivity index (χ1n) is 7.69. The maximum Gasteiger partial charge on any atom is 0.181 e. The molecule has 3 aromatic rings. The molecule has 3 aromatic carbocycles. The molecule has 0 aliphatic carbocycles. The Morgan fingerprint density at radius 2 is 1.50 bits per heavy atom. The Balaban J connectivity index is 1.63. The second kappa shape index (κ2) is 7.32. The van der Waals surface area contributed by atoms with Crippen molar-refractivity contribution in [2.24, 2.45) is 0 Å². The maximum atomic E-state index is 12.4. The summed E-state index contributed by atoms with van der Waals surface area (Å²) in [4.78, 5) is 0.342. The topological polar surface area (TPSA) is 43.4 Å². The van der Waals surface area contributed by atoms with Gasteiger partial charge < -0.3 is 4.74 Å². The molecule has 0 bridgehead atoms. The van der Waals surface area contributed by atoms with E-state index in [1.807, 2.05) is 60.7 Å². The van der Waals surface area contributed by atoms with Crippen LogP contribution in [0.1, 0.15) is 0 Å². The summed E-state index contributed by atoms with van der Waals surface area (Å²) in [6.45, 7) is 0.344. The first-order valence-corrected chi connectivity index (χ1v) is 9.35. The van der Waals surface area contributed by atoms with Crippen LogP contribution in [-0.2, 0) is 9.84 Å². The first-order chi connectivity index (χ1) is 11.6. The molecular weight excluding hydrogens is 320 g/mol. The van der Waals surface area contributed by atoms with E-state index in [1.54, 1.807) is 24.3 Å². The van der Waals surface area contributed by atoms with Crippen molar-refractivity contribution in [3.8, 4) is 5.75 Å². The number of hydrogen-bond acceptors (Lipinski definition) is 3. The van der Waals surface area contributed by atoms with E-state index in [0.717, 1.165) is 16.5 Å². The smallest absolute Gasteiger partial charge is 0.181 e. The largest absolute Gasteiger partial charge is 0.490 e.